The molecule has 0 N–H and O–H groups in total. The Morgan fingerprint density at radius 1 is 0.327 bits per heavy atom. The first-order chi connectivity index (χ1) is 25.8. The van der Waals surface area contributed by atoms with Gasteiger partial charge in [0, 0.05) is 0 Å². The van der Waals surface area contributed by atoms with Gasteiger partial charge in [0.05, 0.1) is 0 Å². The van der Waals surface area contributed by atoms with Crippen LogP contribution in [0.1, 0.15) is 0 Å². The van der Waals surface area contributed by atoms with E-state index in [1.54, 1.807) is 0 Å². The SMILES string of the molecule is c1ccc(-c2c3ccccc3c(-c3cccc4[se]c5c(-c6c7ccccc7c(-c7cccs7)c7ccccc67)cccc5c34)c3ccccc23)cc1. The molecule has 0 fully saturated rings. The molecule has 2 heterocycles. The normalized spacial score (nSPS) is 11.8. The van der Waals surface area contributed by atoms with Crippen LogP contribution in [0.25, 0.3) is 106 Å². The molecule has 0 saturated carbocycles. The summed E-state index contributed by atoms with van der Waals surface area (Å²) in [6.07, 6.45) is 0. The van der Waals surface area contributed by atoms with Gasteiger partial charge in [-0.1, -0.05) is 0 Å². The van der Waals surface area contributed by atoms with Crippen molar-refractivity contribution in [1.82, 2.24) is 0 Å². The quantitative estimate of drug-likeness (QED) is 0.124. The van der Waals surface area contributed by atoms with Crippen molar-refractivity contribution in [2.45, 2.75) is 0 Å². The Balaban J connectivity index is 1.25. The molecule has 0 radical (unpaired) electrons. The molecule has 0 atom stereocenters. The van der Waals surface area contributed by atoms with Gasteiger partial charge in [0.1, 0.15) is 0 Å². The number of hydrogen-bond acceptors (Lipinski definition) is 1. The standard InChI is InChI=1S/C50H30SSe/c1-2-15-31(16-3-1)45-32-17-4-6-19-34(32)46(35-20-7-5-18-33(35)45)40-25-13-29-44-49(40)42-27-12-26-41(50(42)52-44)47-36-21-8-10-23-38(36)48(43-28-14-30-51-43)39-24-11-9-22-37(39)47/h1-30H. The molecule has 0 saturated heterocycles. The monoisotopic (exact) mass is 742 g/mol. The molecule has 11 rings (SSSR count). The van der Waals surface area contributed by atoms with E-state index in [1.165, 1.54) is 106 Å². The second kappa shape index (κ2) is 11.9. The van der Waals surface area contributed by atoms with E-state index in [-0.39, 0.29) is 14.5 Å². The molecule has 242 valence electrons. The summed E-state index contributed by atoms with van der Waals surface area (Å²) in [5.41, 5.74) is 9.26. The second-order valence-corrected chi connectivity index (χ2v) is 16.6. The molecule has 0 spiro atoms. The van der Waals surface area contributed by atoms with E-state index in [2.05, 4.69) is 181 Å². The molecule has 0 bridgehead atoms. The molecule has 0 aliphatic heterocycles. The summed E-state index contributed by atoms with van der Waals surface area (Å²) in [7, 11) is 0. The number of benzene rings is 9. The molecule has 0 unspecified atom stereocenters. The zero-order valence-electron chi connectivity index (χ0n) is 28.1. The predicted molar refractivity (Wildman–Crippen MR) is 228 cm³/mol. The van der Waals surface area contributed by atoms with Crippen molar-refractivity contribution in [1.29, 1.82) is 0 Å². The fourth-order valence-electron chi connectivity index (χ4n) is 8.69. The van der Waals surface area contributed by atoms with Gasteiger partial charge in [0.2, 0.25) is 0 Å². The molecule has 0 aliphatic rings. The van der Waals surface area contributed by atoms with Crippen LogP contribution in [0.2, 0.25) is 0 Å². The third-order valence-electron chi connectivity index (χ3n) is 10.8. The minimum absolute atomic E-state index is 0.140. The molecule has 11 aromatic rings. The van der Waals surface area contributed by atoms with E-state index >= 15 is 0 Å². The Kier molecular flexibility index (Phi) is 6.85. The number of thiophene rings is 1. The van der Waals surface area contributed by atoms with Crippen LogP contribution in [0.3, 0.4) is 0 Å². The zero-order chi connectivity index (χ0) is 34.2. The van der Waals surface area contributed by atoms with Crippen molar-refractivity contribution < 1.29 is 0 Å². The van der Waals surface area contributed by atoms with Gasteiger partial charge in [-0.05, 0) is 0 Å². The van der Waals surface area contributed by atoms with Gasteiger partial charge < -0.3 is 0 Å². The van der Waals surface area contributed by atoms with Crippen LogP contribution in [-0.2, 0) is 0 Å². The van der Waals surface area contributed by atoms with Crippen molar-refractivity contribution in [3.05, 3.63) is 181 Å². The van der Waals surface area contributed by atoms with Gasteiger partial charge >= 0.3 is 313 Å². The van der Waals surface area contributed by atoms with Gasteiger partial charge in [-0.15, -0.1) is 0 Å². The van der Waals surface area contributed by atoms with Crippen molar-refractivity contribution in [2.24, 2.45) is 0 Å². The maximum absolute atomic E-state index is 2.38. The molecule has 2 aromatic heterocycles. The molecular formula is C50H30SSe. The molecule has 2 heteroatoms. The minimum atomic E-state index is 0.140. The van der Waals surface area contributed by atoms with E-state index in [4.69, 9.17) is 0 Å². The van der Waals surface area contributed by atoms with E-state index in [0.29, 0.717) is 0 Å². The summed E-state index contributed by atoms with van der Waals surface area (Å²) in [6, 6.07) is 65.5. The van der Waals surface area contributed by atoms with Crippen LogP contribution in [0.4, 0.5) is 0 Å². The third kappa shape index (κ3) is 4.39. The maximum atomic E-state index is 2.38. The first-order valence-electron chi connectivity index (χ1n) is 17.8. The van der Waals surface area contributed by atoms with Gasteiger partial charge in [0.15, 0.2) is 0 Å². The fourth-order valence-corrected chi connectivity index (χ4v) is 12.1. The molecule has 9 aromatic carbocycles. The number of hydrogen-bond donors (Lipinski definition) is 0. The van der Waals surface area contributed by atoms with Gasteiger partial charge in [-0.3, -0.25) is 0 Å². The van der Waals surface area contributed by atoms with Crippen molar-refractivity contribution in [3.8, 4) is 43.8 Å². The van der Waals surface area contributed by atoms with Crippen LogP contribution in [-0.4, -0.2) is 14.5 Å². The first-order valence-corrected chi connectivity index (χ1v) is 20.4. The summed E-state index contributed by atoms with van der Waals surface area (Å²) in [4.78, 5) is 1.32. The third-order valence-corrected chi connectivity index (χ3v) is 14.2. The molecule has 0 aliphatic carbocycles. The Morgan fingerprint density at radius 3 is 1.35 bits per heavy atom. The van der Waals surface area contributed by atoms with E-state index in [0.717, 1.165) is 0 Å². The summed E-state index contributed by atoms with van der Waals surface area (Å²) in [6.45, 7) is 0. The van der Waals surface area contributed by atoms with Crippen LogP contribution in [0.15, 0.2) is 181 Å². The summed E-state index contributed by atoms with van der Waals surface area (Å²) in [5, 5.41) is 15.4. The van der Waals surface area contributed by atoms with E-state index in [1.807, 2.05) is 11.3 Å². The van der Waals surface area contributed by atoms with Crippen LogP contribution < -0.4 is 0 Å². The van der Waals surface area contributed by atoms with Crippen LogP contribution in [0.5, 0.6) is 0 Å². The zero-order valence-corrected chi connectivity index (χ0v) is 30.7. The number of fused-ring (bicyclic) bond motifs is 7. The molecule has 0 amide bonds. The van der Waals surface area contributed by atoms with Gasteiger partial charge in [-0.2, -0.15) is 0 Å². The van der Waals surface area contributed by atoms with Crippen LogP contribution in [0, 0.1) is 0 Å². The molecule has 0 nitrogen and oxygen atoms in total. The topological polar surface area (TPSA) is 0 Å². The second-order valence-electron chi connectivity index (χ2n) is 13.5. The molecule has 52 heavy (non-hydrogen) atoms. The average Bonchev–Trinajstić information content (AvgIpc) is 3.88. The van der Waals surface area contributed by atoms with Crippen LogP contribution >= 0.6 is 11.3 Å². The summed E-state index contributed by atoms with van der Waals surface area (Å²) in [5.74, 6) is 0. The van der Waals surface area contributed by atoms with E-state index < -0.39 is 0 Å². The van der Waals surface area contributed by atoms with Crippen molar-refractivity contribution >= 4 is 88.2 Å². The average molecular weight is 742 g/mol. The van der Waals surface area contributed by atoms with Crippen molar-refractivity contribution in [3.63, 3.8) is 0 Å². The van der Waals surface area contributed by atoms with E-state index in [9.17, 15) is 0 Å². The Bertz CT molecular complexity index is 3050. The first kappa shape index (κ1) is 29.9. The Morgan fingerprint density at radius 2 is 0.788 bits per heavy atom. The van der Waals surface area contributed by atoms with Gasteiger partial charge in [-0.25, -0.2) is 0 Å². The predicted octanol–water partition coefficient (Wildman–Crippen LogP) is 14.4. The fraction of sp³-hybridized carbons (Fsp3) is 0. The summed E-state index contributed by atoms with van der Waals surface area (Å²) < 4.78 is 2.93. The summed E-state index contributed by atoms with van der Waals surface area (Å²) >= 11 is 1.96. The van der Waals surface area contributed by atoms with Crippen molar-refractivity contribution in [2.75, 3.05) is 0 Å². The Labute approximate surface area is 311 Å². The van der Waals surface area contributed by atoms with Gasteiger partial charge in [0.25, 0.3) is 0 Å². The number of rotatable bonds is 4. The molecular weight excluding hydrogens is 712 g/mol. The Hall–Kier alpha value is -5.76.